The second-order valence-electron chi connectivity index (χ2n) is 9.30. The molecule has 3 fully saturated rings. The van der Waals surface area contributed by atoms with E-state index in [0.29, 0.717) is 25.7 Å². The molecule has 0 amide bonds. The SMILES string of the molecule is C[C@]12CC[C@H]3[C@@H](C(C(F)(F)F)CC4=C(C(F)(F)F)C(=O)CC[C@@H]43)[C@@H]1CCC2O. The molecule has 2 nitrogen and oxygen atoms in total. The third kappa shape index (κ3) is 2.84. The van der Waals surface area contributed by atoms with Gasteiger partial charge in [0, 0.05) is 6.42 Å². The van der Waals surface area contributed by atoms with Gasteiger partial charge in [-0.25, -0.2) is 0 Å². The number of hydrogen-bond donors (Lipinski definition) is 1. The molecular formula is C20H24F6O2. The van der Waals surface area contributed by atoms with Gasteiger partial charge in [0.25, 0.3) is 0 Å². The van der Waals surface area contributed by atoms with Crippen molar-refractivity contribution in [3.05, 3.63) is 11.1 Å². The average molecular weight is 410 g/mol. The zero-order chi connectivity index (χ0) is 20.6. The van der Waals surface area contributed by atoms with Gasteiger partial charge in [-0.2, -0.15) is 26.3 Å². The molecule has 0 aromatic rings. The predicted molar refractivity (Wildman–Crippen MR) is 88.0 cm³/mol. The van der Waals surface area contributed by atoms with E-state index in [1.165, 1.54) is 0 Å². The van der Waals surface area contributed by atoms with Crippen LogP contribution in [0, 0.1) is 35.0 Å². The molecule has 1 N–H and O–H groups in total. The van der Waals surface area contributed by atoms with Crippen molar-refractivity contribution in [3.63, 3.8) is 0 Å². The van der Waals surface area contributed by atoms with Crippen LogP contribution in [0.2, 0.25) is 0 Å². The number of carbonyl (C=O) groups is 1. The lowest BCUT2D eigenvalue weighted by Crippen LogP contribution is -2.54. The highest BCUT2D eigenvalue weighted by Crippen LogP contribution is 2.65. The molecule has 4 rings (SSSR count). The maximum Gasteiger partial charge on any atom is 0.419 e. The van der Waals surface area contributed by atoms with Crippen molar-refractivity contribution < 1.29 is 36.2 Å². The van der Waals surface area contributed by atoms with Gasteiger partial charge >= 0.3 is 12.4 Å². The van der Waals surface area contributed by atoms with E-state index in [2.05, 4.69) is 0 Å². The first-order valence-electron chi connectivity index (χ1n) is 9.94. The highest BCUT2D eigenvalue weighted by molar-refractivity contribution is 5.98. The molecule has 4 aliphatic rings. The number of hydrogen-bond acceptors (Lipinski definition) is 2. The zero-order valence-electron chi connectivity index (χ0n) is 15.5. The summed E-state index contributed by atoms with van der Waals surface area (Å²) in [5, 5.41) is 10.4. The predicted octanol–water partition coefficient (Wildman–Crippen LogP) is 5.21. The largest absolute Gasteiger partial charge is 0.419 e. The van der Waals surface area contributed by atoms with Crippen LogP contribution in [-0.4, -0.2) is 29.3 Å². The molecule has 0 saturated heterocycles. The Labute approximate surface area is 159 Å². The van der Waals surface area contributed by atoms with Crippen LogP contribution in [0.4, 0.5) is 26.3 Å². The van der Waals surface area contributed by atoms with E-state index >= 15 is 0 Å². The van der Waals surface area contributed by atoms with E-state index < -0.39 is 65.3 Å². The number of aliphatic hydroxyl groups excluding tert-OH is 1. The van der Waals surface area contributed by atoms with E-state index in [1.54, 1.807) is 0 Å². The van der Waals surface area contributed by atoms with E-state index in [4.69, 9.17) is 0 Å². The summed E-state index contributed by atoms with van der Waals surface area (Å²) in [5.41, 5.74) is -2.24. The van der Waals surface area contributed by atoms with E-state index in [9.17, 15) is 36.2 Å². The average Bonchev–Trinajstić information content (AvgIpc) is 2.87. The second kappa shape index (κ2) is 6.22. The van der Waals surface area contributed by atoms with Crippen LogP contribution in [0.15, 0.2) is 11.1 Å². The number of Topliss-reactive ketones (excluding diaryl/α,β-unsaturated/α-hetero) is 1. The first kappa shape index (κ1) is 20.2. The van der Waals surface area contributed by atoms with E-state index in [1.807, 2.05) is 6.92 Å². The number of halogens is 6. The van der Waals surface area contributed by atoms with Crippen molar-refractivity contribution in [2.75, 3.05) is 0 Å². The van der Waals surface area contributed by atoms with Crippen molar-refractivity contribution in [1.82, 2.24) is 0 Å². The normalized spacial score (nSPS) is 44.2. The van der Waals surface area contributed by atoms with Crippen LogP contribution in [0.5, 0.6) is 0 Å². The smallest absolute Gasteiger partial charge is 0.393 e. The minimum Gasteiger partial charge on any atom is -0.393 e. The van der Waals surface area contributed by atoms with Crippen molar-refractivity contribution >= 4 is 5.78 Å². The number of rotatable bonds is 0. The molecule has 7 atom stereocenters. The molecule has 0 radical (unpaired) electrons. The van der Waals surface area contributed by atoms with Crippen molar-refractivity contribution in [1.29, 1.82) is 0 Å². The fourth-order valence-electron chi connectivity index (χ4n) is 6.97. The lowest BCUT2D eigenvalue weighted by atomic mass is 9.48. The monoisotopic (exact) mass is 410 g/mol. The van der Waals surface area contributed by atoms with Gasteiger partial charge in [-0.15, -0.1) is 0 Å². The van der Waals surface area contributed by atoms with Gasteiger partial charge in [0.15, 0.2) is 5.78 Å². The van der Waals surface area contributed by atoms with Crippen LogP contribution >= 0.6 is 0 Å². The van der Waals surface area contributed by atoms with Gasteiger partial charge in [-0.05, 0) is 67.6 Å². The fraction of sp³-hybridized carbons (Fsp3) is 0.850. The van der Waals surface area contributed by atoms with E-state index in [-0.39, 0.29) is 24.3 Å². The number of carbonyl (C=O) groups excluding carboxylic acids is 1. The maximum absolute atomic E-state index is 14.0. The first-order valence-corrected chi connectivity index (χ1v) is 9.94. The molecule has 28 heavy (non-hydrogen) atoms. The highest BCUT2D eigenvalue weighted by atomic mass is 19.4. The van der Waals surface area contributed by atoms with Crippen molar-refractivity contribution in [2.24, 2.45) is 35.0 Å². The third-order valence-corrected chi connectivity index (χ3v) is 8.19. The lowest BCUT2D eigenvalue weighted by molar-refractivity contribution is -0.223. The molecule has 8 heteroatoms. The minimum absolute atomic E-state index is 0.200. The number of aliphatic hydroxyl groups is 1. The Balaban J connectivity index is 1.83. The van der Waals surface area contributed by atoms with Gasteiger partial charge in [0.1, 0.15) is 0 Å². The van der Waals surface area contributed by atoms with Crippen LogP contribution in [0.3, 0.4) is 0 Å². The van der Waals surface area contributed by atoms with Crippen molar-refractivity contribution in [3.8, 4) is 0 Å². The summed E-state index contributed by atoms with van der Waals surface area (Å²) in [4.78, 5) is 12.0. The van der Waals surface area contributed by atoms with Gasteiger partial charge < -0.3 is 5.11 Å². The maximum atomic E-state index is 14.0. The number of ketones is 1. The van der Waals surface area contributed by atoms with Crippen LogP contribution in [0.25, 0.3) is 0 Å². The Bertz CT molecular complexity index is 708. The molecule has 4 aliphatic carbocycles. The van der Waals surface area contributed by atoms with Gasteiger partial charge in [0.05, 0.1) is 17.6 Å². The molecule has 158 valence electrons. The second-order valence-corrected chi connectivity index (χ2v) is 9.30. The molecular weight excluding hydrogens is 386 g/mol. The Morgan fingerprint density at radius 3 is 2.32 bits per heavy atom. The summed E-state index contributed by atoms with van der Waals surface area (Å²) in [6.07, 6.45) is -9.21. The van der Waals surface area contributed by atoms with Crippen LogP contribution in [0.1, 0.15) is 51.9 Å². The first-order chi connectivity index (χ1) is 12.9. The number of fused-ring (bicyclic) bond motifs is 5. The number of alkyl halides is 6. The minimum atomic E-state index is -4.92. The lowest BCUT2D eigenvalue weighted by Gasteiger charge is -2.56. The molecule has 0 aliphatic heterocycles. The molecule has 0 heterocycles. The summed E-state index contributed by atoms with van der Waals surface area (Å²) in [7, 11) is 0. The van der Waals surface area contributed by atoms with Crippen LogP contribution in [-0.2, 0) is 4.79 Å². The Kier molecular flexibility index (Phi) is 4.50. The summed E-state index contributed by atoms with van der Waals surface area (Å²) in [5.74, 6) is -5.21. The topological polar surface area (TPSA) is 37.3 Å². The third-order valence-electron chi connectivity index (χ3n) is 8.19. The quantitative estimate of drug-likeness (QED) is 0.557. The Morgan fingerprint density at radius 1 is 1.04 bits per heavy atom. The van der Waals surface area contributed by atoms with E-state index in [0.717, 1.165) is 0 Å². The molecule has 0 spiro atoms. The summed E-state index contributed by atoms with van der Waals surface area (Å²) >= 11 is 0. The highest BCUT2D eigenvalue weighted by Gasteiger charge is 2.64. The molecule has 0 aromatic carbocycles. The fourth-order valence-corrected chi connectivity index (χ4v) is 6.97. The molecule has 3 saturated carbocycles. The Morgan fingerprint density at radius 2 is 1.71 bits per heavy atom. The summed E-state index contributed by atoms with van der Waals surface area (Å²) < 4.78 is 82.7. The number of allylic oxidation sites excluding steroid dienone is 1. The van der Waals surface area contributed by atoms with Crippen molar-refractivity contribution in [2.45, 2.75) is 70.3 Å². The standard InChI is InChI=1S/C20H24F6O2/c1-18-7-6-10-9-2-4-14(27)17(20(24,25)26)11(9)8-13(19(21,22)23)16(10)12(18)3-5-15(18)28/h9-10,12-13,15-16,28H,2-8H2,1H3/t9-,10-,12+,13?,15?,16-,18+/m1/s1. The van der Waals surface area contributed by atoms with Gasteiger partial charge in [-0.3, -0.25) is 4.79 Å². The zero-order valence-corrected chi connectivity index (χ0v) is 15.5. The Hall–Kier alpha value is -1.05. The summed E-state index contributed by atoms with van der Waals surface area (Å²) in [6, 6.07) is 0. The molecule has 0 bridgehead atoms. The molecule has 0 aromatic heterocycles. The van der Waals surface area contributed by atoms with Gasteiger partial charge in [-0.1, -0.05) is 12.5 Å². The summed E-state index contributed by atoms with van der Waals surface area (Å²) in [6.45, 7) is 1.83. The molecule has 2 unspecified atom stereocenters. The van der Waals surface area contributed by atoms with Crippen LogP contribution < -0.4 is 0 Å². The van der Waals surface area contributed by atoms with Gasteiger partial charge in [0.2, 0.25) is 0 Å².